The number of hydrogen-bond acceptors (Lipinski definition) is 3. The smallest absolute Gasteiger partial charge is 0.102 e. The van der Waals surface area contributed by atoms with E-state index in [1.807, 2.05) is 6.92 Å². The summed E-state index contributed by atoms with van der Waals surface area (Å²) in [5.74, 6) is 1.60. The lowest BCUT2D eigenvalue weighted by Crippen LogP contribution is -2.38. The van der Waals surface area contributed by atoms with Crippen LogP contribution in [-0.4, -0.2) is 30.1 Å². The van der Waals surface area contributed by atoms with Crippen molar-refractivity contribution in [2.75, 3.05) is 19.6 Å². The van der Waals surface area contributed by atoms with Gasteiger partial charge in [0.05, 0.1) is 6.07 Å². The van der Waals surface area contributed by atoms with Crippen molar-refractivity contribution >= 4 is 0 Å². The zero-order valence-corrected chi connectivity index (χ0v) is 10.2. The Morgan fingerprint density at radius 1 is 1.60 bits per heavy atom. The molecule has 1 aliphatic heterocycles. The van der Waals surface area contributed by atoms with Crippen molar-refractivity contribution < 1.29 is 0 Å². The van der Waals surface area contributed by atoms with Crippen LogP contribution in [0.2, 0.25) is 0 Å². The van der Waals surface area contributed by atoms with Crippen LogP contribution in [0.3, 0.4) is 0 Å². The van der Waals surface area contributed by atoms with Gasteiger partial charge in [-0.05, 0) is 38.1 Å². The minimum Gasteiger partial charge on any atom is -0.314 e. The summed E-state index contributed by atoms with van der Waals surface area (Å²) in [6.07, 6.45) is 2.07. The Labute approximate surface area is 93.2 Å². The lowest BCUT2D eigenvalue weighted by molar-refractivity contribution is 0.284. The van der Waals surface area contributed by atoms with E-state index in [2.05, 4.69) is 24.8 Å². The van der Waals surface area contributed by atoms with Gasteiger partial charge in [0.1, 0.15) is 5.54 Å². The molecule has 0 saturated carbocycles. The predicted octanol–water partition coefficient (Wildman–Crippen LogP) is 1.60. The van der Waals surface area contributed by atoms with Crippen LogP contribution in [0.15, 0.2) is 0 Å². The highest BCUT2D eigenvalue weighted by molar-refractivity contribution is 5.01. The molecule has 3 heteroatoms. The van der Waals surface area contributed by atoms with Crippen LogP contribution in [0.4, 0.5) is 0 Å². The molecule has 0 spiro atoms. The van der Waals surface area contributed by atoms with E-state index in [9.17, 15) is 0 Å². The van der Waals surface area contributed by atoms with Crippen molar-refractivity contribution in [3.63, 3.8) is 0 Å². The highest BCUT2D eigenvalue weighted by Crippen LogP contribution is 2.24. The Hall–Kier alpha value is -0.590. The van der Waals surface area contributed by atoms with E-state index in [4.69, 9.17) is 11.0 Å². The highest BCUT2D eigenvalue weighted by atomic mass is 15.1. The van der Waals surface area contributed by atoms with Gasteiger partial charge in [0, 0.05) is 13.1 Å². The average Bonchev–Trinajstić information content (AvgIpc) is 2.63. The first kappa shape index (κ1) is 12.5. The van der Waals surface area contributed by atoms with Crippen LogP contribution in [0.25, 0.3) is 0 Å². The summed E-state index contributed by atoms with van der Waals surface area (Å²) >= 11 is 0. The quantitative estimate of drug-likeness (QED) is 0.765. The summed E-state index contributed by atoms with van der Waals surface area (Å²) < 4.78 is 0. The third-order valence-electron chi connectivity index (χ3n) is 3.45. The zero-order chi connectivity index (χ0) is 11.5. The molecule has 1 heterocycles. The molecule has 1 fully saturated rings. The number of nitrogens with zero attached hydrogens (tertiary/aromatic N) is 2. The molecule has 0 aromatic rings. The molecule has 0 aromatic heterocycles. The molecule has 15 heavy (non-hydrogen) atoms. The Bertz CT molecular complexity index is 240. The van der Waals surface area contributed by atoms with E-state index >= 15 is 0 Å². The van der Waals surface area contributed by atoms with Gasteiger partial charge in [-0.15, -0.1) is 0 Å². The summed E-state index contributed by atoms with van der Waals surface area (Å²) in [6, 6.07) is 2.15. The summed E-state index contributed by atoms with van der Waals surface area (Å²) in [5.41, 5.74) is 5.14. The Morgan fingerprint density at radius 2 is 2.27 bits per heavy atom. The largest absolute Gasteiger partial charge is 0.314 e. The van der Waals surface area contributed by atoms with Gasteiger partial charge in [0.2, 0.25) is 0 Å². The number of hydrogen-bond donors (Lipinski definition) is 1. The molecule has 3 nitrogen and oxygen atoms in total. The third-order valence-corrected chi connectivity index (χ3v) is 3.45. The molecule has 1 saturated heterocycles. The predicted molar refractivity (Wildman–Crippen MR) is 62.2 cm³/mol. The first-order valence-electron chi connectivity index (χ1n) is 5.87. The second-order valence-electron chi connectivity index (χ2n) is 5.37. The SMILES string of the molecule is CC(C)C1CCN(CCC(C)(N)C#N)C1. The van der Waals surface area contributed by atoms with E-state index in [1.54, 1.807) is 0 Å². The van der Waals surface area contributed by atoms with Crippen molar-refractivity contribution in [2.24, 2.45) is 17.6 Å². The monoisotopic (exact) mass is 209 g/mol. The summed E-state index contributed by atoms with van der Waals surface area (Å²) in [7, 11) is 0. The van der Waals surface area contributed by atoms with Crippen molar-refractivity contribution in [2.45, 2.75) is 39.2 Å². The van der Waals surface area contributed by atoms with E-state index in [0.717, 1.165) is 24.8 Å². The summed E-state index contributed by atoms with van der Waals surface area (Å²) in [6.45, 7) is 9.70. The van der Waals surface area contributed by atoms with Gasteiger partial charge in [-0.2, -0.15) is 5.26 Å². The standard InChI is InChI=1S/C12H23N3/c1-10(2)11-4-6-15(8-11)7-5-12(3,14)9-13/h10-11H,4-8,14H2,1-3H3. The van der Waals surface area contributed by atoms with E-state index in [1.165, 1.54) is 19.5 Å². The molecule has 2 N–H and O–H groups in total. The molecule has 1 aliphatic rings. The molecule has 86 valence electrons. The molecular weight excluding hydrogens is 186 g/mol. The van der Waals surface area contributed by atoms with E-state index in [0.29, 0.717) is 0 Å². The fourth-order valence-electron chi connectivity index (χ4n) is 2.06. The van der Waals surface area contributed by atoms with Gasteiger partial charge in [-0.3, -0.25) is 0 Å². The topological polar surface area (TPSA) is 53.0 Å². The van der Waals surface area contributed by atoms with Crippen LogP contribution >= 0.6 is 0 Å². The summed E-state index contributed by atoms with van der Waals surface area (Å²) in [4.78, 5) is 2.44. The van der Waals surface area contributed by atoms with Gasteiger partial charge in [-0.25, -0.2) is 0 Å². The van der Waals surface area contributed by atoms with Crippen LogP contribution in [-0.2, 0) is 0 Å². The molecule has 0 radical (unpaired) electrons. The molecule has 0 aliphatic carbocycles. The molecule has 1 rings (SSSR count). The van der Waals surface area contributed by atoms with Crippen LogP contribution < -0.4 is 5.73 Å². The maximum Gasteiger partial charge on any atom is 0.102 e. The molecule has 0 amide bonds. The second-order valence-corrected chi connectivity index (χ2v) is 5.37. The Kier molecular flexibility index (Phi) is 4.12. The lowest BCUT2D eigenvalue weighted by Gasteiger charge is -2.21. The lowest BCUT2D eigenvalue weighted by atomic mass is 9.95. The fraction of sp³-hybridized carbons (Fsp3) is 0.917. The molecule has 0 aromatic carbocycles. The average molecular weight is 209 g/mol. The zero-order valence-electron chi connectivity index (χ0n) is 10.2. The Balaban J connectivity index is 2.29. The number of nitrogens with two attached hydrogens (primary N) is 1. The second kappa shape index (κ2) is 4.96. The minimum absolute atomic E-state index is 0.657. The van der Waals surface area contributed by atoms with Crippen molar-refractivity contribution in [3.05, 3.63) is 0 Å². The van der Waals surface area contributed by atoms with Crippen molar-refractivity contribution in [1.29, 1.82) is 5.26 Å². The maximum absolute atomic E-state index is 8.81. The van der Waals surface area contributed by atoms with Gasteiger partial charge in [0.25, 0.3) is 0 Å². The van der Waals surface area contributed by atoms with Crippen molar-refractivity contribution in [1.82, 2.24) is 4.90 Å². The van der Waals surface area contributed by atoms with Gasteiger partial charge in [-0.1, -0.05) is 13.8 Å². The highest BCUT2D eigenvalue weighted by Gasteiger charge is 2.26. The molecule has 2 unspecified atom stereocenters. The van der Waals surface area contributed by atoms with Gasteiger partial charge >= 0.3 is 0 Å². The maximum atomic E-state index is 8.81. The Morgan fingerprint density at radius 3 is 2.73 bits per heavy atom. The number of likely N-dealkylation sites (tertiary alicyclic amines) is 1. The fourth-order valence-corrected chi connectivity index (χ4v) is 2.06. The van der Waals surface area contributed by atoms with Crippen LogP contribution in [0.5, 0.6) is 0 Å². The first-order chi connectivity index (χ1) is 6.94. The summed E-state index contributed by atoms with van der Waals surface area (Å²) in [5, 5.41) is 8.81. The number of nitriles is 1. The molecular formula is C12H23N3. The van der Waals surface area contributed by atoms with Gasteiger partial charge < -0.3 is 10.6 Å². The number of rotatable bonds is 4. The van der Waals surface area contributed by atoms with Crippen molar-refractivity contribution in [3.8, 4) is 6.07 Å². The first-order valence-corrected chi connectivity index (χ1v) is 5.87. The van der Waals surface area contributed by atoms with Gasteiger partial charge in [0.15, 0.2) is 0 Å². The van der Waals surface area contributed by atoms with E-state index < -0.39 is 5.54 Å². The van der Waals surface area contributed by atoms with E-state index in [-0.39, 0.29) is 0 Å². The van der Waals surface area contributed by atoms with Crippen LogP contribution in [0.1, 0.15) is 33.6 Å². The molecule has 0 bridgehead atoms. The molecule has 2 atom stereocenters. The minimum atomic E-state index is -0.657. The van der Waals surface area contributed by atoms with Crippen LogP contribution in [0, 0.1) is 23.2 Å². The normalized spacial score (nSPS) is 26.5. The third kappa shape index (κ3) is 3.81.